The molecule has 1 rings (SSSR count). The molecule has 0 aliphatic carbocycles. The molecular weight excluding hydrogens is 1060 g/mol. The molecule has 1 aliphatic heterocycles. The Morgan fingerprint density at radius 3 is 0.630 bits per heavy atom. The molecule has 0 bridgehead atoms. The molecule has 1 fully saturated rings. The maximum atomic E-state index is 13.9. The first kappa shape index (κ1) is 72.7. The van der Waals surface area contributed by atoms with Crippen LogP contribution in [-0.2, 0) is 86.0 Å². The molecule has 24 heteroatoms. The SMILES string of the molecule is CC(C)C[C@H]1OC(=O)[C@H](C(C)C)NC(=O)[C@H](C(C)C)OC(=O)[C@H](C)NC(=O)[C@@H](CC(C)C)OC(=O)[C@H](C(C)C)NC(=O)[C@H](C(C)C)OC(=O)[C@@H](C)NC(=O)[C@@H](CC(C)C)OC(=O)[C@@H](C(C)C)NC(=O)[C@H](C(C)C)OC(=O)[C@@H](C)NC1=O. The van der Waals surface area contributed by atoms with E-state index in [1.54, 1.807) is 125 Å². The molecule has 0 aromatic heterocycles. The first-order valence-electron chi connectivity index (χ1n) is 28.4. The fourth-order valence-corrected chi connectivity index (χ4v) is 8.00. The summed E-state index contributed by atoms with van der Waals surface area (Å²) in [6, 6.07) is -8.46. The monoisotopic (exact) mass is 1150 g/mol. The molecule has 0 saturated carbocycles. The number of hydrogen-bond donors (Lipinski definition) is 6. The third-order valence-corrected chi connectivity index (χ3v) is 12.8. The zero-order valence-corrected chi connectivity index (χ0v) is 51.6. The van der Waals surface area contributed by atoms with Crippen molar-refractivity contribution in [2.24, 2.45) is 53.3 Å². The molecule has 462 valence electrons. The second kappa shape index (κ2) is 33.5. The van der Waals surface area contributed by atoms with E-state index in [1.807, 2.05) is 0 Å². The highest BCUT2D eigenvalue weighted by molar-refractivity contribution is 5.95. The zero-order valence-electron chi connectivity index (χ0n) is 51.6. The standard InChI is InChI=1S/C57H96N6O18/c1-25(2)22-37-46(64)58-34(19)52(70)79-44(32(15)16)50(68)62-41(29(9)10)56(74)77-39(24-27(5)6)48(66)60-36(21)54(72)81-45(33(17)18)51(69)63-42(30(11)12)57(75)78-38(23-26(3)4)47(65)59-35(20)53(71)80-43(31(13)14)49(67)61-40(28(7)8)55(73)76-37/h25-45H,22-24H2,1-21H3,(H,58,64)(H,59,65)(H,60,66)(H,61,67)(H,62,68)(H,63,69)/t34-,35-,36+,37-,38-,39-,40-,41+,42+,43+,44+,45+/m1/s1. The first-order chi connectivity index (χ1) is 37.3. The fraction of sp³-hybridized carbons (Fsp3) is 0.789. The molecule has 1 aliphatic rings. The molecule has 12 atom stereocenters. The number of cyclic esters (lactones) is 6. The molecule has 24 nitrogen and oxygen atoms in total. The second-order valence-corrected chi connectivity index (χ2v) is 24.4. The predicted octanol–water partition coefficient (Wildman–Crippen LogP) is 3.51. The van der Waals surface area contributed by atoms with Gasteiger partial charge in [-0.15, -0.1) is 0 Å². The highest BCUT2D eigenvalue weighted by Crippen LogP contribution is 2.20. The van der Waals surface area contributed by atoms with Crippen LogP contribution in [0.3, 0.4) is 0 Å². The maximum Gasteiger partial charge on any atom is 0.329 e. The van der Waals surface area contributed by atoms with Gasteiger partial charge in [0.25, 0.3) is 35.4 Å². The molecule has 6 amide bonds. The van der Waals surface area contributed by atoms with Crippen molar-refractivity contribution >= 4 is 71.3 Å². The van der Waals surface area contributed by atoms with Crippen molar-refractivity contribution < 1.29 is 86.0 Å². The maximum absolute atomic E-state index is 13.9. The van der Waals surface area contributed by atoms with E-state index in [9.17, 15) is 57.5 Å². The molecule has 0 aromatic carbocycles. The summed E-state index contributed by atoms with van der Waals surface area (Å²) < 4.78 is 34.1. The van der Waals surface area contributed by atoms with Crippen LogP contribution < -0.4 is 31.9 Å². The van der Waals surface area contributed by atoms with Gasteiger partial charge < -0.3 is 60.3 Å². The van der Waals surface area contributed by atoms with Crippen molar-refractivity contribution in [3.8, 4) is 0 Å². The van der Waals surface area contributed by atoms with Crippen LogP contribution in [0, 0.1) is 53.3 Å². The van der Waals surface area contributed by atoms with Gasteiger partial charge in [0.2, 0.25) is 0 Å². The van der Waals surface area contributed by atoms with E-state index >= 15 is 0 Å². The van der Waals surface area contributed by atoms with Crippen LogP contribution in [0.15, 0.2) is 0 Å². The second-order valence-electron chi connectivity index (χ2n) is 24.4. The topological polar surface area (TPSA) is 332 Å². The Morgan fingerprint density at radius 1 is 0.272 bits per heavy atom. The fourth-order valence-electron chi connectivity index (χ4n) is 8.00. The third-order valence-electron chi connectivity index (χ3n) is 12.8. The van der Waals surface area contributed by atoms with Crippen LogP contribution in [0.2, 0.25) is 0 Å². The van der Waals surface area contributed by atoms with Crippen LogP contribution in [0.1, 0.15) is 165 Å². The Kier molecular flexibility index (Phi) is 30.1. The lowest BCUT2D eigenvalue weighted by molar-refractivity contribution is -0.167. The van der Waals surface area contributed by atoms with Gasteiger partial charge in [-0.25, -0.2) is 28.8 Å². The van der Waals surface area contributed by atoms with Crippen LogP contribution in [0.25, 0.3) is 0 Å². The Bertz CT molecular complexity index is 1960. The molecule has 81 heavy (non-hydrogen) atoms. The van der Waals surface area contributed by atoms with E-state index in [-0.39, 0.29) is 37.0 Å². The number of rotatable bonds is 12. The number of nitrogens with one attached hydrogen (secondary N) is 6. The van der Waals surface area contributed by atoms with E-state index in [0.717, 1.165) is 0 Å². The van der Waals surface area contributed by atoms with E-state index in [2.05, 4.69) is 31.9 Å². The van der Waals surface area contributed by atoms with Crippen molar-refractivity contribution in [3.63, 3.8) is 0 Å². The van der Waals surface area contributed by atoms with Gasteiger partial charge in [0.1, 0.15) is 36.3 Å². The zero-order chi connectivity index (χ0) is 62.7. The van der Waals surface area contributed by atoms with Gasteiger partial charge in [-0.3, -0.25) is 28.8 Å². The van der Waals surface area contributed by atoms with E-state index in [4.69, 9.17) is 28.4 Å². The Balaban J connectivity index is 3.93. The van der Waals surface area contributed by atoms with Gasteiger partial charge in [-0.1, -0.05) is 125 Å². The lowest BCUT2D eigenvalue weighted by atomic mass is 10.0. The van der Waals surface area contributed by atoms with Gasteiger partial charge >= 0.3 is 35.8 Å². The molecule has 0 unspecified atom stereocenters. The molecule has 6 N–H and O–H groups in total. The Hall–Kier alpha value is -6.36. The number of carbonyl (C=O) groups excluding carboxylic acids is 12. The number of carbonyl (C=O) groups is 12. The normalized spacial score (nSPS) is 28.2. The third kappa shape index (κ3) is 23.9. The summed E-state index contributed by atoms with van der Waals surface area (Å²) in [7, 11) is 0. The summed E-state index contributed by atoms with van der Waals surface area (Å²) in [4.78, 5) is 166. The van der Waals surface area contributed by atoms with Crippen molar-refractivity contribution in [3.05, 3.63) is 0 Å². The van der Waals surface area contributed by atoms with Crippen molar-refractivity contribution in [2.45, 2.75) is 238 Å². The average Bonchev–Trinajstić information content (AvgIpc) is 3.33. The smallest absolute Gasteiger partial charge is 0.329 e. The van der Waals surface area contributed by atoms with Gasteiger partial charge in [0.05, 0.1) is 0 Å². The van der Waals surface area contributed by atoms with Gasteiger partial charge in [0, 0.05) is 0 Å². The molecular formula is C57H96N6O18. The molecule has 0 radical (unpaired) electrons. The van der Waals surface area contributed by atoms with Gasteiger partial charge in [-0.05, 0) is 93.3 Å². The summed E-state index contributed by atoms with van der Waals surface area (Å²) >= 11 is 0. The minimum atomic E-state index is -1.52. The molecule has 0 spiro atoms. The largest absolute Gasteiger partial charge is 0.451 e. The van der Waals surface area contributed by atoms with Crippen LogP contribution in [0.5, 0.6) is 0 Å². The average molecular weight is 1150 g/mol. The van der Waals surface area contributed by atoms with Crippen molar-refractivity contribution in [2.75, 3.05) is 0 Å². The lowest BCUT2D eigenvalue weighted by Crippen LogP contribution is -2.55. The lowest BCUT2D eigenvalue weighted by Gasteiger charge is -2.30. The van der Waals surface area contributed by atoms with Crippen LogP contribution in [0.4, 0.5) is 0 Å². The molecule has 1 saturated heterocycles. The van der Waals surface area contributed by atoms with Crippen LogP contribution in [-0.4, -0.2) is 144 Å². The molecule has 0 aromatic rings. The summed E-state index contributed by atoms with van der Waals surface area (Å²) in [5, 5.41) is 15.2. The van der Waals surface area contributed by atoms with E-state index in [1.165, 1.54) is 20.8 Å². The van der Waals surface area contributed by atoms with E-state index < -0.39 is 180 Å². The quantitative estimate of drug-likeness (QED) is 0.120. The molecule has 1 heterocycles. The van der Waals surface area contributed by atoms with Gasteiger partial charge in [0.15, 0.2) is 36.6 Å². The first-order valence-corrected chi connectivity index (χ1v) is 28.4. The summed E-state index contributed by atoms with van der Waals surface area (Å²) in [5.41, 5.74) is 0. The highest BCUT2D eigenvalue weighted by atomic mass is 16.6. The Morgan fingerprint density at radius 2 is 0.469 bits per heavy atom. The summed E-state index contributed by atoms with van der Waals surface area (Å²) in [6.07, 6.45) is -9.18. The highest BCUT2D eigenvalue weighted by Gasteiger charge is 2.41. The summed E-state index contributed by atoms with van der Waals surface area (Å²) in [5.74, 6) is -16.4. The number of ether oxygens (including phenoxy) is 6. The summed E-state index contributed by atoms with van der Waals surface area (Å²) in [6.45, 7) is 33.4. The minimum Gasteiger partial charge on any atom is -0.451 e. The van der Waals surface area contributed by atoms with Gasteiger partial charge in [-0.2, -0.15) is 0 Å². The Labute approximate surface area is 478 Å². The van der Waals surface area contributed by atoms with E-state index in [0.29, 0.717) is 0 Å². The van der Waals surface area contributed by atoms with Crippen molar-refractivity contribution in [1.29, 1.82) is 0 Å². The van der Waals surface area contributed by atoms with Crippen LogP contribution >= 0.6 is 0 Å². The van der Waals surface area contributed by atoms with Crippen molar-refractivity contribution in [1.82, 2.24) is 31.9 Å². The number of amides is 6. The minimum absolute atomic E-state index is 0.0340. The predicted molar refractivity (Wildman–Crippen MR) is 295 cm³/mol. The number of hydrogen-bond acceptors (Lipinski definition) is 18. The number of esters is 6.